The van der Waals surface area contributed by atoms with E-state index in [1.54, 1.807) is 23.9 Å². The summed E-state index contributed by atoms with van der Waals surface area (Å²) >= 11 is 1.57. The molecule has 0 bridgehead atoms. The van der Waals surface area contributed by atoms with Crippen molar-refractivity contribution in [2.45, 2.75) is 18.9 Å². The number of carbonyl (C=O) groups is 1. The predicted octanol–water partition coefficient (Wildman–Crippen LogP) is 2.08. The van der Waals surface area contributed by atoms with Crippen molar-refractivity contribution in [3.8, 4) is 5.75 Å². The Kier molecular flexibility index (Phi) is 4.77. The summed E-state index contributed by atoms with van der Waals surface area (Å²) in [5.74, 6) is 1.48. The van der Waals surface area contributed by atoms with Crippen molar-refractivity contribution in [3.63, 3.8) is 0 Å². The Morgan fingerprint density at radius 2 is 2.48 bits per heavy atom. The van der Waals surface area contributed by atoms with E-state index in [9.17, 15) is 4.79 Å². The van der Waals surface area contributed by atoms with Crippen molar-refractivity contribution >= 4 is 22.8 Å². The summed E-state index contributed by atoms with van der Waals surface area (Å²) in [7, 11) is 0. The van der Waals surface area contributed by atoms with Gasteiger partial charge >= 0.3 is 0 Å². The van der Waals surface area contributed by atoms with Gasteiger partial charge in [-0.25, -0.2) is 0 Å². The van der Waals surface area contributed by atoms with Crippen LogP contribution in [-0.4, -0.2) is 42.7 Å². The summed E-state index contributed by atoms with van der Waals surface area (Å²) in [4.78, 5) is 16.3. The lowest BCUT2D eigenvalue weighted by Crippen LogP contribution is -2.27. The quantitative estimate of drug-likeness (QED) is 0.925. The highest BCUT2D eigenvalue weighted by atomic mass is 32.2. The Morgan fingerprint density at radius 1 is 1.52 bits per heavy atom. The van der Waals surface area contributed by atoms with Gasteiger partial charge in [0, 0.05) is 17.9 Å². The van der Waals surface area contributed by atoms with Crippen molar-refractivity contribution in [2.75, 3.05) is 25.5 Å². The van der Waals surface area contributed by atoms with Gasteiger partial charge in [-0.05, 0) is 31.0 Å². The molecule has 2 aliphatic rings. The maximum atomic E-state index is 12.1. The molecule has 1 saturated heterocycles. The minimum Gasteiger partial charge on any atom is -0.491 e. The van der Waals surface area contributed by atoms with Gasteiger partial charge in [0.15, 0.2) is 5.17 Å². The number of rotatable bonds is 4. The molecular weight excluding hydrogens is 288 g/mol. The number of hydrogen-bond donors (Lipinski definition) is 1. The third-order valence-electron chi connectivity index (χ3n) is 3.36. The first-order valence-electron chi connectivity index (χ1n) is 7.14. The number of hydrogen-bond acceptors (Lipinski definition) is 5. The van der Waals surface area contributed by atoms with Gasteiger partial charge < -0.3 is 14.8 Å². The van der Waals surface area contributed by atoms with Crippen molar-refractivity contribution < 1.29 is 14.3 Å². The maximum absolute atomic E-state index is 12.1. The molecule has 2 aliphatic heterocycles. The van der Waals surface area contributed by atoms with E-state index in [1.807, 2.05) is 12.1 Å². The van der Waals surface area contributed by atoms with Crippen LogP contribution >= 0.6 is 11.8 Å². The largest absolute Gasteiger partial charge is 0.491 e. The summed E-state index contributed by atoms with van der Waals surface area (Å²) in [6, 6.07) is 7.20. The van der Waals surface area contributed by atoms with E-state index in [4.69, 9.17) is 9.47 Å². The van der Waals surface area contributed by atoms with Crippen LogP contribution in [0, 0.1) is 0 Å². The predicted molar refractivity (Wildman–Crippen MR) is 83.1 cm³/mol. The van der Waals surface area contributed by atoms with E-state index >= 15 is 0 Å². The molecule has 112 valence electrons. The molecule has 0 aromatic heterocycles. The van der Waals surface area contributed by atoms with E-state index in [-0.39, 0.29) is 12.0 Å². The lowest BCUT2D eigenvalue weighted by molar-refractivity contribution is 0.0679. The summed E-state index contributed by atoms with van der Waals surface area (Å²) in [5.41, 5.74) is 0.579. The van der Waals surface area contributed by atoms with Crippen molar-refractivity contribution in [1.82, 2.24) is 5.32 Å². The number of aliphatic imine (C=N–C) groups is 1. The van der Waals surface area contributed by atoms with Gasteiger partial charge in [-0.1, -0.05) is 17.8 Å². The summed E-state index contributed by atoms with van der Waals surface area (Å²) < 4.78 is 11.2. The third-order valence-corrected chi connectivity index (χ3v) is 4.25. The molecule has 1 atom stereocenters. The smallest absolute Gasteiger partial charge is 0.257 e. The number of benzene rings is 1. The van der Waals surface area contributed by atoms with Gasteiger partial charge in [0.1, 0.15) is 12.4 Å². The average molecular weight is 306 g/mol. The highest BCUT2D eigenvalue weighted by Gasteiger charge is 2.17. The van der Waals surface area contributed by atoms with Crippen LogP contribution in [0.2, 0.25) is 0 Å². The lowest BCUT2D eigenvalue weighted by atomic mass is 10.2. The zero-order valence-electron chi connectivity index (χ0n) is 11.7. The maximum Gasteiger partial charge on any atom is 0.257 e. The van der Waals surface area contributed by atoms with Crippen LogP contribution in [0.15, 0.2) is 29.3 Å². The van der Waals surface area contributed by atoms with Crippen LogP contribution < -0.4 is 10.1 Å². The second kappa shape index (κ2) is 6.95. The van der Waals surface area contributed by atoms with Crippen LogP contribution in [0.1, 0.15) is 23.2 Å². The van der Waals surface area contributed by atoms with Crippen LogP contribution in [0.25, 0.3) is 0 Å². The van der Waals surface area contributed by atoms with Crippen molar-refractivity contribution in [3.05, 3.63) is 29.8 Å². The number of amidine groups is 1. The van der Waals surface area contributed by atoms with E-state index in [2.05, 4.69) is 10.3 Å². The van der Waals surface area contributed by atoms with E-state index < -0.39 is 0 Å². The number of amides is 1. The SMILES string of the molecule is O=C(NC1=NCCS1)c1cccc(OC[C@@H]2CCCO2)c1. The molecule has 5 nitrogen and oxygen atoms in total. The van der Waals surface area contributed by atoms with Gasteiger partial charge in [-0.2, -0.15) is 0 Å². The van der Waals surface area contributed by atoms with Crippen LogP contribution in [0.5, 0.6) is 5.75 Å². The first-order chi connectivity index (χ1) is 10.3. The van der Waals surface area contributed by atoms with Crippen LogP contribution in [0.3, 0.4) is 0 Å². The molecule has 0 radical (unpaired) electrons. The first kappa shape index (κ1) is 14.4. The van der Waals surface area contributed by atoms with Gasteiger partial charge in [0.25, 0.3) is 5.91 Å². The lowest BCUT2D eigenvalue weighted by Gasteiger charge is -2.12. The molecule has 1 amide bonds. The molecule has 2 heterocycles. The van der Waals surface area contributed by atoms with E-state index in [1.165, 1.54) is 0 Å². The molecule has 0 spiro atoms. The minimum absolute atomic E-state index is 0.147. The Balaban J connectivity index is 1.57. The summed E-state index contributed by atoms with van der Waals surface area (Å²) in [5, 5.41) is 3.51. The molecule has 1 N–H and O–H groups in total. The van der Waals surface area contributed by atoms with E-state index in [0.29, 0.717) is 23.1 Å². The Labute approximate surface area is 128 Å². The zero-order chi connectivity index (χ0) is 14.5. The topological polar surface area (TPSA) is 59.9 Å². The summed E-state index contributed by atoms with van der Waals surface area (Å²) in [6.07, 6.45) is 2.31. The monoisotopic (exact) mass is 306 g/mol. The van der Waals surface area contributed by atoms with Gasteiger partial charge in [-0.15, -0.1) is 0 Å². The van der Waals surface area contributed by atoms with Gasteiger partial charge in [0.2, 0.25) is 0 Å². The van der Waals surface area contributed by atoms with Gasteiger partial charge in [-0.3, -0.25) is 9.79 Å². The number of carbonyl (C=O) groups excluding carboxylic acids is 1. The van der Waals surface area contributed by atoms with E-state index in [0.717, 1.165) is 31.7 Å². The minimum atomic E-state index is -0.147. The number of nitrogens with one attached hydrogen (secondary N) is 1. The molecular formula is C15H18N2O3S. The highest BCUT2D eigenvalue weighted by molar-refractivity contribution is 8.14. The molecule has 21 heavy (non-hydrogen) atoms. The average Bonchev–Trinajstić information content (AvgIpc) is 3.19. The fourth-order valence-electron chi connectivity index (χ4n) is 2.27. The number of nitrogens with zero attached hydrogens (tertiary/aromatic N) is 1. The third kappa shape index (κ3) is 3.98. The van der Waals surface area contributed by atoms with Crippen molar-refractivity contribution in [1.29, 1.82) is 0 Å². The fraction of sp³-hybridized carbons (Fsp3) is 0.467. The Hall–Kier alpha value is -1.53. The molecule has 0 saturated carbocycles. The van der Waals surface area contributed by atoms with Crippen LogP contribution in [-0.2, 0) is 4.74 Å². The standard InChI is InChI=1S/C15H18N2O3S/c18-14(17-15-16-6-8-21-15)11-3-1-4-12(9-11)20-10-13-5-2-7-19-13/h1,3-4,9,13H,2,5-8,10H2,(H,16,17,18)/t13-/m0/s1. The Morgan fingerprint density at radius 3 is 3.24 bits per heavy atom. The normalized spacial score (nSPS) is 21.1. The Bertz CT molecular complexity index is 541. The summed E-state index contributed by atoms with van der Waals surface area (Å²) in [6.45, 7) is 2.12. The fourth-order valence-corrected chi connectivity index (χ4v) is 3.00. The second-order valence-electron chi connectivity index (χ2n) is 4.96. The second-order valence-corrected chi connectivity index (χ2v) is 6.05. The molecule has 1 aromatic carbocycles. The molecule has 0 unspecified atom stereocenters. The number of ether oxygens (including phenoxy) is 2. The molecule has 3 rings (SSSR count). The van der Waals surface area contributed by atoms with Crippen LogP contribution in [0.4, 0.5) is 0 Å². The molecule has 1 aromatic rings. The zero-order valence-corrected chi connectivity index (χ0v) is 12.5. The first-order valence-corrected chi connectivity index (χ1v) is 8.13. The number of thioether (sulfide) groups is 1. The van der Waals surface area contributed by atoms with Crippen molar-refractivity contribution in [2.24, 2.45) is 4.99 Å². The van der Waals surface area contributed by atoms with Gasteiger partial charge in [0.05, 0.1) is 12.6 Å². The highest BCUT2D eigenvalue weighted by Crippen LogP contribution is 2.18. The molecule has 0 aliphatic carbocycles. The molecule has 1 fully saturated rings. The molecule has 6 heteroatoms.